The van der Waals surface area contributed by atoms with E-state index in [1.807, 2.05) is 25.1 Å². The number of nitrogens with two attached hydrogens (primary N) is 1. The van der Waals surface area contributed by atoms with E-state index >= 15 is 0 Å². The molecule has 0 unspecified atom stereocenters. The lowest BCUT2D eigenvalue weighted by Gasteiger charge is -2.09. The zero-order chi connectivity index (χ0) is 14.1. The van der Waals surface area contributed by atoms with Gasteiger partial charge in [0.1, 0.15) is 5.75 Å². The number of hydrogen-bond acceptors (Lipinski definition) is 4. The molecular weight excluding hydrogens is 270 g/mol. The van der Waals surface area contributed by atoms with Crippen molar-refractivity contribution in [2.75, 3.05) is 13.7 Å². The van der Waals surface area contributed by atoms with E-state index < -0.39 is 0 Å². The Morgan fingerprint density at radius 1 is 1.35 bits per heavy atom. The van der Waals surface area contributed by atoms with Gasteiger partial charge >= 0.3 is 0 Å². The van der Waals surface area contributed by atoms with Crippen LogP contribution in [0, 0.1) is 6.92 Å². The van der Waals surface area contributed by atoms with Crippen LogP contribution in [0.3, 0.4) is 0 Å². The fraction of sp³-hybridized carbons (Fsp3) is 0.267. The standard InChI is InChI=1S/C15H17N3OS/c1-10-12(7-8-16)18-13(9-20-15(18)17-10)11-5-3-4-6-14(11)19-2/h3-6,9H,7-8,16H2,1-2H3. The number of hydrogen-bond donors (Lipinski definition) is 1. The van der Waals surface area contributed by atoms with E-state index in [4.69, 9.17) is 10.5 Å². The molecule has 0 atom stereocenters. The number of thiazole rings is 1. The Bertz CT molecular complexity index is 745. The summed E-state index contributed by atoms with van der Waals surface area (Å²) in [5, 5.41) is 2.12. The van der Waals surface area contributed by atoms with Gasteiger partial charge in [-0.3, -0.25) is 4.40 Å². The molecule has 5 heteroatoms. The molecule has 3 aromatic rings. The lowest BCUT2D eigenvalue weighted by Crippen LogP contribution is -2.06. The molecule has 0 saturated carbocycles. The summed E-state index contributed by atoms with van der Waals surface area (Å²) in [5.41, 5.74) is 10.2. The van der Waals surface area contributed by atoms with Crippen molar-refractivity contribution >= 4 is 16.3 Å². The number of aromatic nitrogens is 2. The van der Waals surface area contributed by atoms with E-state index in [-0.39, 0.29) is 0 Å². The number of aryl methyl sites for hydroxylation is 1. The van der Waals surface area contributed by atoms with Crippen LogP contribution in [0.25, 0.3) is 16.2 Å². The summed E-state index contributed by atoms with van der Waals surface area (Å²) in [5.74, 6) is 0.872. The van der Waals surface area contributed by atoms with Crippen molar-refractivity contribution in [3.8, 4) is 17.0 Å². The second kappa shape index (κ2) is 5.26. The fourth-order valence-electron chi connectivity index (χ4n) is 2.49. The van der Waals surface area contributed by atoms with Gasteiger partial charge in [-0.1, -0.05) is 12.1 Å². The number of benzene rings is 1. The topological polar surface area (TPSA) is 52.5 Å². The molecule has 0 radical (unpaired) electrons. The molecule has 0 spiro atoms. The highest BCUT2D eigenvalue weighted by molar-refractivity contribution is 7.15. The Balaban J connectivity index is 2.26. The quantitative estimate of drug-likeness (QED) is 0.802. The van der Waals surface area contributed by atoms with Crippen LogP contribution in [0.15, 0.2) is 29.6 Å². The van der Waals surface area contributed by atoms with E-state index in [1.54, 1.807) is 18.4 Å². The van der Waals surface area contributed by atoms with Gasteiger partial charge in [0.15, 0.2) is 4.96 Å². The van der Waals surface area contributed by atoms with Crippen LogP contribution in [-0.2, 0) is 6.42 Å². The SMILES string of the molecule is COc1ccccc1-c1csc2nc(C)c(CCN)n12. The molecule has 20 heavy (non-hydrogen) atoms. The van der Waals surface area contributed by atoms with E-state index in [1.165, 1.54) is 5.69 Å². The van der Waals surface area contributed by atoms with Gasteiger partial charge in [0.25, 0.3) is 0 Å². The Kier molecular flexibility index (Phi) is 3.46. The molecule has 0 bridgehead atoms. The van der Waals surface area contributed by atoms with E-state index in [2.05, 4.69) is 20.8 Å². The first-order valence-electron chi connectivity index (χ1n) is 6.55. The van der Waals surface area contributed by atoms with Gasteiger partial charge in [0, 0.05) is 23.1 Å². The number of methoxy groups -OCH3 is 1. The molecule has 0 aliphatic heterocycles. The maximum Gasteiger partial charge on any atom is 0.194 e. The van der Waals surface area contributed by atoms with E-state index in [9.17, 15) is 0 Å². The van der Waals surface area contributed by atoms with Crippen LogP contribution in [0.4, 0.5) is 0 Å². The van der Waals surface area contributed by atoms with Crippen LogP contribution in [0.5, 0.6) is 5.75 Å². The van der Waals surface area contributed by atoms with Crippen LogP contribution in [-0.4, -0.2) is 23.0 Å². The third-order valence-electron chi connectivity index (χ3n) is 3.42. The average molecular weight is 287 g/mol. The zero-order valence-electron chi connectivity index (χ0n) is 11.6. The number of para-hydroxylation sites is 1. The zero-order valence-corrected chi connectivity index (χ0v) is 12.4. The van der Waals surface area contributed by atoms with Crippen LogP contribution >= 0.6 is 11.3 Å². The number of nitrogens with zero attached hydrogens (tertiary/aromatic N) is 2. The summed E-state index contributed by atoms with van der Waals surface area (Å²) < 4.78 is 7.67. The Hall–Kier alpha value is -1.85. The largest absolute Gasteiger partial charge is 0.496 e. The number of rotatable bonds is 4. The summed E-state index contributed by atoms with van der Waals surface area (Å²) in [4.78, 5) is 5.62. The number of ether oxygens (including phenoxy) is 1. The molecule has 2 N–H and O–H groups in total. The van der Waals surface area contributed by atoms with Gasteiger partial charge in [0.05, 0.1) is 18.5 Å². The minimum absolute atomic E-state index is 0.621. The van der Waals surface area contributed by atoms with E-state index in [0.717, 1.165) is 34.1 Å². The molecule has 1 aromatic carbocycles. The summed E-state index contributed by atoms with van der Waals surface area (Å²) >= 11 is 1.64. The summed E-state index contributed by atoms with van der Waals surface area (Å²) in [7, 11) is 1.70. The van der Waals surface area contributed by atoms with Crippen LogP contribution < -0.4 is 10.5 Å². The Morgan fingerprint density at radius 3 is 2.90 bits per heavy atom. The van der Waals surface area contributed by atoms with Crippen molar-refractivity contribution in [1.82, 2.24) is 9.38 Å². The third kappa shape index (κ3) is 1.99. The predicted octanol–water partition coefficient (Wildman–Crippen LogP) is 2.88. The van der Waals surface area contributed by atoms with Crippen molar-refractivity contribution in [3.63, 3.8) is 0 Å². The molecule has 0 saturated heterocycles. The first-order chi connectivity index (χ1) is 9.76. The third-order valence-corrected chi connectivity index (χ3v) is 4.25. The number of fused-ring (bicyclic) bond motifs is 1. The Morgan fingerprint density at radius 2 is 2.15 bits per heavy atom. The number of imidazole rings is 1. The fourth-order valence-corrected chi connectivity index (χ4v) is 3.45. The van der Waals surface area contributed by atoms with Crippen LogP contribution in [0.2, 0.25) is 0 Å². The maximum absolute atomic E-state index is 5.73. The monoisotopic (exact) mass is 287 g/mol. The second-order valence-electron chi connectivity index (χ2n) is 4.62. The van der Waals surface area contributed by atoms with Crippen molar-refractivity contribution in [1.29, 1.82) is 0 Å². The normalized spacial score (nSPS) is 11.2. The van der Waals surface area contributed by atoms with E-state index in [0.29, 0.717) is 6.54 Å². The lowest BCUT2D eigenvalue weighted by atomic mass is 10.1. The molecule has 2 heterocycles. The first kappa shape index (κ1) is 13.1. The molecule has 0 aliphatic carbocycles. The summed E-state index contributed by atoms with van der Waals surface area (Å²) in [6.45, 7) is 2.66. The highest BCUT2D eigenvalue weighted by Gasteiger charge is 2.16. The molecule has 3 rings (SSSR count). The second-order valence-corrected chi connectivity index (χ2v) is 5.46. The van der Waals surface area contributed by atoms with Crippen molar-refractivity contribution in [2.24, 2.45) is 5.73 Å². The van der Waals surface area contributed by atoms with Gasteiger partial charge in [-0.15, -0.1) is 11.3 Å². The minimum atomic E-state index is 0.621. The molecule has 4 nitrogen and oxygen atoms in total. The Labute approximate surface area is 121 Å². The van der Waals surface area contributed by atoms with Gasteiger partial charge in [-0.2, -0.15) is 0 Å². The van der Waals surface area contributed by atoms with Gasteiger partial charge < -0.3 is 10.5 Å². The van der Waals surface area contributed by atoms with Crippen LogP contribution in [0.1, 0.15) is 11.4 Å². The highest BCUT2D eigenvalue weighted by Crippen LogP contribution is 2.34. The molecule has 2 aromatic heterocycles. The van der Waals surface area contributed by atoms with Gasteiger partial charge in [-0.25, -0.2) is 4.98 Å². The van der Waals surface area contributed by atoms with Crippen molar-refractivity contribution in [2.45, 2.75) is 13.3 Å². The first-order valence-corrected chi connectivity index (χ1v) is 7.43. The summed E-state index contributed by atoms with van der Waals surface area (Å²) in [6, 6.07) is 8.05. The minimum Gasteiger partial charge on any atom is -0.496 e. The molecule has 0 aliphatic rings. The molecule has 104 valence electrons. The average Bonchev–Trinajstić information content (AvgIpc) is 2.99. The van der Waals surface area contributed by atoms with Crippen molar-refractivity contribution < 1.29 is 4.74 Å². The molecule has 0 fully saturated rings. The molecular formula is C15H17N3OS. The van der Waals surface area contributed by atoms with Gasteiger partial charge in [0.2, 0.25) is 0 Å². The lowest BCUT2D eigenvalue weighted by molar-refractivity contribution is 0.416. The van der Waals surface area contributed by atoms with Gasteiger partial charge in [-0.05, 0) is 25.6 Å². The smallest absolute Gasteiger partial charge is 0.194 e. The van der Waals surface area contributed by atoms with Crippen molar-refractivity contribution in [3.05, 3.63) is 41.0 Å². The highest BCUT2D eigenvalue weighted by atomic mass is 32.1. The maximum atomic E-state index is 5.73. The summed E-state index contributed by atoms with van der Waals surface area (Å²) in [6.07, 6.45) is 0.825. The molecule has 0 amide bonds. The predicted molar refractivity (Wildman–Crippen MR) is 82.6 cm³/mol.